The van der Waals surface area contributed by atoms with Crippen LogP contribution in [-0.2, 0) is 0 Å². The van der Waals surface area contributed by atoms with Gasteiger partial charge in [-0.2, -0.15) is 0 Å². The molecule has 0 bridgehead atoms. The van der Waals surface area contributed by atoms with Crippen molar-refractivity contribution < 1.29 is 4.92 Å². The summed E-state index contributed by atoms with van der Waals surface area (Å²) >= 11 is 0. The summed E-state index contributed by atoms with van der Waals surface area (Å²) < 4.78 is 1.68. The third-order valence-corrected chi connectivity index (χ3v) is 3.32. The van der Waals surface area contributed by atoms with E-state index in [2.05, 4.69) is 10.3 Å². The van der Waals surface area contributed by atoms with E-state index in [4.69, 9.17) is 5.73 Å². The average molecular weight is 259 g/mol. The first-order chi connectivity index (χ1) is 9.08. The predicted octanol–water partition coefficient (Wildman–Crippen LogP) is 1.94. The number of nitro groups is 1. The quantitative estimate of drug-likeness (QED) is 0.670. The highest BCUT2D eigenvalue weighted by molar-refractivity contribution is 5.50. The van der Waals surface area contributed by atoms with Crippen LogP contribution in [0.2, 0.25) is 0 Å². The fourth-order valence-electron chi connectivity index (χ4n) is 2.21. The van der Waals surface area contributed by atoms with Crippen LogP contribution in [0.25, 0.3) is 5.69 Å². The van der Waals surface area contributed by atoms with Crippen molar-refractivity contribution in [1.82, 2.24) is 15.0 Å². The first kappa shape index (κ1) is 11.6. The minimum atomic E-state index is -0.392. The second-order valence-corrected chi connectivity index (χ2v) is 4.77. The van der Waals surface area contributed by atoms with Crippen molar-refractivity contribution in [3.8, 4) is 5.69 Å². The smallest absolute Gasteiger partial charge is 0.272 e. The number of hydrogen-bond acceptors (Lipinski definition) is 5. The lowest BCUT2D eigenvalue weighted by molar-refractivity contribution is -0.385. The van der Waals surface area contributed by atoms with Crippen LogP contribution in [0.15, 0.2) is 18.2 Å². The van der Waals surface area contributed by atoms with E-state index in [1.807, 2.05) is 0 Å². The Morgan fingerprint density at radius 3 is 2.79 bits per heavy atom. The Balaban J connectivity index is 2.07. The van der Waals surface area contributed by atoms with Gasteiger partial charge in [-0.15, -0.1) is 5.10 Å². The van der Waals surface area contributed by atoms with Gasteiger partial charge in [0.2, 0.25) is 0 Å². The summed E-state index contributed by atoms with van der Waals surface area (Å²) in [6.45, 7) is 1.71. The molecule has 0 saturated heterocycles. The Kier molecular flexibility index (Phi) is 2.48. The molecule has 2 aromatic rings. The summed E-state index contributed by atoms with van der Waals surface area (Å²) in [6.07, 6.45) is 2.17. The second kappa shape index (κ2) is 4.04. The van der Waals surface area contributed by atoms with Gasteiger partial charge in [-0.1, -0.05) is 5.21 Å². The van der Waals surface area contributed by atoms with E-state index in [1.54, 1.807) is 23.7 Å². The molecule has 1 aliphatic carbocycles. The fourth-order valence-corrected chi connectivity index (χ4v) is 2.21. The number of nitro benzene ring substituents is 1. The molecular formula is C12H13N5O2. The highest BCUT2D eigenvalue weighted by Gasteiger charge is 2.31. The van der Waals surface area contributed by atoms with Gasteiger partial charge in [0.1, 0.15) is 0 Å². The van der Waals surface area contributed by atoms with Gasteiger partial charge in [0.05, 0.1) is 16.3 Å². The van der Waals surface area contributed by atoms with Gasteiger partial charge in [0.15, 0.2) is 5.82 Å². The zero-order chi connectivity index (χ0) is 13.6. The molecule has 1 fully saturated rings. The van der Waals surface area contributed by atoms with E-state index >= 15 is 0 Å². The van der Waals surface area contributed by atoms with Crippen LogP contribution in [0.1, 0.15) is 30.0 Å². The maximum absolute atomic E-state index is 10.8. The summed E-state index contributed by atoms with van der Waals surface area (Å²) in [5.41, 5.74) is 8.20. The standard InChI is InChI=1S/C12H13N5O2/c1-7-6-9(4-5-10(7)17(18)19)16-11(8-2-3-8)12(13)14-15-16/h4-6,8H,2-3,13H2,1H3. The van der Waals surface area contributed by atoms with E-state index in [-0.39, 0.29) is 5.69 Å². The van der Waals surface area contributed by atoms with Gasteiger partial charge in [0.25, 0.3) is 5.69 Å². The highest BCUT2D eigenvalue weighted by Crippen LogP contribution is 2.42. The van der Waals surface area contributed by atoms with E-state index in [0.29, 0.717) is 17.3 Å². The molecule has 1 heterocycles. The van der Waals surface area contributed by atoms with Gasteiger partial charge >= 0.3 is 0 Å². The van der Waals surface area contributed by atoms with E-state index in [9.17, 15) is 10.1 Å². The Hall–Kier alpha value is -2.44. The minimum Gasteiger partial charge on any atom is -0.381 e. The highest BCUT2D eigenvalue weighted by atomic mass is 16.6. The molecule has 7 nitrogen and oxygen atoms in total. The lowest BCUT2D eigenvalue weighted by Gasteiger charge is -2.06. The normalized spacial score (nSPS) is 14.6. The van der Waals surface area contributed by atoms with E-state index in [0.717, 1.165) is 24.2 Å². The number of aryl methyl sites for hydroxylation is 1. The maximum atomic E-state index is 10.8. The maximum Gasteiger partial charge on any atom is 0.272 e. The summed E-state index contributed by atoms with van der Waals surface area (Å²) in [5, 5.41) is 18.7. The molecule has 0 amide bonds. The number of aromatic nitrogens is 3. The zero-order valence-corrected chi connectivity index (χ0v) is 10.4. The third kappa shape index (κ3) is 1.92. The number of nitrogens with zero attached hydrogens (tertiary/aromatic N) is 4. The van der Waals surface area contributed by atoms with Crippen molar-refractivity contribution in [2.45, 2.75) is 25.7 Å². The van der Waals surface area contributed by atoms with Crippen molar-refractivity contribution >= 4 is 11.5 Å². The molecule has 0 radical (unpaired) electrons. The molecule has 98 valence electrons. The Morgan fingerprint density at radius 2 is 2.21 bits per heavy atom. The summed E-state index contributed by atoms with van der Waals surface area (Å²) in [4.78, 5) is 10.4. The van der Waals surface area contributed by atoms with E-state index < -0.39 is 4.92 Å². The molecule has 0 spiro atoms. The molecule has 3 rings (SSSR count). The molecule has 0 aliphatic heterocycles. The molecule has 19 heavy (non-hydrogen) atoms. The first-order valence-corrected chi connectivity index (χ1v) is 6.04. The van der Waals surface area contributed by atoms with Crippen molar-refractivity contribution in [2.24, 2.45) is 0 Å². The number of anilines is 1. The molecule has 1 aromatic carbocycles. The Bertz CT molecular complexity index is 660. The van der Waals surface area contributed by atoms with Crippen molar-refractivity contribution in [3.05, 3.63) is 39.6 Å². The van der Waals surface area contributed by atoms with Crippen LogP contribution in [0.5, 0.6) is 0 Å². The monoisotopic (exact) mass is 259 g/mol. The minimum absolute atomic E-state index is 0.102. The van der Waals surface area contributed by atoms with Gasteiger partial charge in [0, 0.05) is 17.5 Å². The fraction of sp³-hybridized carbons (Fsp3) is 0.333. The second-order valence-electron chi connectivity index (χ2n) is 4.77. The van der Waals surface area contributed by atoms with Crippen molar-refractivity contribution in [1.29, 1.82) is 0 Å². The van der Waals surface area contributed by atoms with Gasteiger partial charge in [-0.05, 0) is 31.9 Å². The molecule has 1 saturated carbocycles. The lowest BCUT2D eigenvalue weighted by Crippen LogP contribution is -2.03. The van der Waals surface area contributed by atoms with Gasteiger partial charge in [-0.25, -0.2) is 4.68 Å². The predicted molar refractivity (Wildman–Crippen MR) is 69.1 cm³/mol. The first-order valence-electron chi connectivity index (χ1n) is 6.04. The number of nitrogens with two attached hydrogens (primary N) is 1. The third-order valence-electron chi connectivity index (χ3n) is 3.32. The number of hydrogen-bond donors (Lipinski definition) is 1. The van der Waals surface area contributed by atoms with E-state index in [1.165, 1.54) is 6.07 Å². The number of benzene rings is 1. The van der Waals surface area contributed by atoms with Crippen LogP contribution in [0.3, 0.4) is 0 Å². The van der Waals surface area contributed by atoms with Crippen molar-refractivity contribution in [3.63, 3.8) is 0 Å². The average Bonchev–Trinajstić information content (AvgIpc) is 3.12. The van der Waals surface area contributed by atoms with Crippen LogP contribution in [0, 0.1) is 17.0 Å². The molecule has 7 heteroatoms. The summed E-state index contributed by atoms with van der Waals surface area (Å²) in [6, 6.07) is 4.89. The molecule has 1 aliphatic rings. The summed E-state index contributed by atoms with van der Waals surface area (Å²) in [7, 11) is 0. The molecule has 2 N–H and O–H groups in total. The number of nitrogen functional groups attached to an aromatic ring is 1. The van der Waals surface area contributed by atoms with Crippen LogP contribution in [0.4, 0.5) is 11.5 Å². The van der Waals surface area contributed by atoms with Crippen LogP contribution >= 0.6 is 0 Å². The molecule has 0 unspecified atom stereocenters. The van der Waals surface area contributed by atoms with Crippen molar-refractivity contribution in [2.75, 3.05) is 5.73 Å². The topological polar surface area (TPSA) is 99.9 Å². The van der Waals surface area contributed by atoms with Gasteiger partial charge in [-0.3, -0.25) is 10.1 Å². The number of rotatable bonds is 3. The SMILES string of the molecule is Cc1cc(-n2nnc(N)c2C2CC2)ccc1[N+](=O)[O-]. The lowest BCUT2D eigenvalue weighted by atomic mass is 10.1. The largest absolute Gasteiger partial charge is 0.381 e. The zero-order valence-electron chi connectivity index (χ0n) is 10.4. The molecular weight excluding hydrogens is 246 g/mol. The molecule has 0 atom stereocenters. The Labute approximate surface area is 109 Å². The summed E-state index contributed by atoms with van der Waals surface area (Å²) in [5.74, 6) is 0.851. The molecule has 1 aromatic heterocycles. The van der Waals surface area contributed by atoms with Crippen LogP contribution in [-0.4, -0.2) is 19.9 Å². The Morgan fingerprint density at radius 1 is 1.47 bits per heavy atom. The van der Waals surface area contributed by atoms with Crippen LogP contribution < -0.4 is 5.73 Å². The van der Waals surface area contributed by atoms with Gasteiger partial charge < -0.3 is 5.73 Å².